The minimum absolute atomic E-state index is 0.0101. The van der Waals surface area contributed by atoms with Crippen LogP contribution in [0.25, 0.3) is 0 Å². The van der Waals surface area contributed by atoms with Crippen molar-refractivity contribution >= 4 is 33.7 Å². The average Bonchev–Trinajstić information content (AvgIpc) is 2.69. The highest BCUT2D eigenvalue weighted by Gasteiger charge is 2.24. The zero-order chi connectivity index (χ0) is 18.4. The van der Waals surface area contributed by atoms with E-state index in [2.05, 4.69) is 19.9 Å². The molecule has 2 aliphatic rings. The molecule has 0 atom stereocenters. The monoisotopic (exact) mass is 399 g/mol. The molecule has 3 rings (SSSR count). The van der Waals surface area contributed by atoms with Gasteiger partial charge in [0.2, 0.25) is 16.0 Å². The Balaban J connectivity index is 1.46. The molecule has 26 heavy (non-hydrogen) atoms. The summed E-state index contributed by atoms with van der Waals surface area (Å²) < 4.78 is 26.2. The summed E-state index contributed by atoms with van der Waals surface area (Å²) >= 11 is 1.79. The van der Waals surface area contributed by atoms with Crippen LogP contribution in [0.4, 0.5) is 5.95 Å². The molecule has 144 valence electrons. The maximum Gasteiger partial charge on any atom is 0.225 e. The number of sulfonamides is 1. The summed E-state index contributed by atoms with van der Waals surface area (Å²) in [6.45, 7) is 4.31. The number of aromatic nitrogens is 2. The molecule has 2 saturated heterocycles. The van der Waals surface area contributed by atoms with Crippen LogP contribution in [0.1, 0.15) is 0 Å². The molecule has 2 aliphatic heterocycles. The number of nitrogens with zero attached hydrogens (tertiary/aromatic N) is 6. The highest BCUT2D eigenvalue weighted by atomic mass is 32.2. The van der Waals surface area contributed by atoms with Gasteiger partial charge < -0.3 is 15.5 Å². The Morgan fingerprint density at radius 1 is 1.12 bits per heavy atom. The van der Waals surface area contributed by atoms with Gasteiger partial charge >= 0.3 is 0 Å². The highest BCUT2D eigenvalue weighted by Crippen LogP contribution is 2.13. The van der Waals surface area contributed by atoms with E-state index in [0.29, 0.717) is 38.1 Å². The summed E-state index contributed by atoms with van der Waals surface area (Å²) in [5, 5.41) is 0. The van der Waals surface area contributed by atoms with Crippen LogP contribution in [-0.2, 0) is 10.0 Å². The Hall–Kier alpha value is -1.59. The van der Waals surface area contributed by atoms with E-state index in [1.807, 2.05) is 4.90 Å². The number of guanidine groups is 1. The van der Waals surface area contributed by atoms with Crippen molar-refractivity contribution in [3.8, 4) is 0 Å². The second-order valence-corrected chi connectivity index (χ2v) is 9.40. The SMILES string of the molecule is NC(=NCCS(=O)(=O)N1CCSCC1)N1CCN(c2ncccn2)CC1. The molecule has 3 heterocycles. The van der Waals surface area contributed by atoms with Gasteiger partial charge in [0.05, 0.1) is 12.3 Å². The molecule has 0 aromatic carbocycles. The fourth-order valence-corrected chi connectivity index (χ4v) is 5.37. The zero-order valence-corrected chi connectivity index (χ0v) is 16.3. The van der Waals surface area contributed by atoms with E-state index < -0.39 is 10.0 Å². The minimum Gasteiger partial charge on any atom is -0.370 e. The van der Waals surface area contributed by atoms with Crippen molar-refractivity contribution < 1.29 is 8.42 Å². The van der Waals surface area contributed by atoms with E-state index in [0.717, 1.165) is 24.6 Å². The van der Waals surface area contributed by atoms with E-state index in [1.54, 1.807) is 34.5 Å². The van der Waals surface area contributed by atoms with Crippen molar-refractivity contribution in [3.63, 3.8) is 0 Å². The van der Waals surface area contributed by atoms with Gasteiger partial charge in [-0.05, 0) is 6.07 Å². The number of thioether (sulfide) groups is 1. The van der Waals surface area contributed by atoms with Crippen molar-refractivity contribution in [2.75, 3.05) is 68.0 Å². The Labute approximate surface area is 158 Å². The van der Waals surface area contributed by atoms with E-state index in [9.17, 15) is 8.42 Å². The van der Waals surface area contributed by atoms with Crippen molar-refractivity contribution in [1.82, 2.24) is 19.2 Å². The van der Waals surface area contributed by atoms with Crippen LogP contribution in [-0.4, -0.2) is 96.6 Å². The zero-order valence-electron chi connectivity index (χ0n) is 14.7. The molecule has 1 aromatic heterocycles. The first kappa shape index (κ1) is 19.2. The molecule has 2 fully saturated rings. The average molecular weight is 400 g/mol. The van der Waals surface area contributed by atoms with Crippen molar-refractivity contribution in [2.24, 2.45) is 10.7 Å². The molecule has 0 unspecified atom stereocenters. The molecule has 0 saturated carbocycles. The second-order valence-electron chi connectivity index (χ2n) is 6.09. The topological polar surface area (TPSA) is 108 Å². The summed E-state index contributed by atoms with van der Waals surface area (Å²) in [4.78, 5) is 16.9. The van der Waals surface area contributed by atoms with E-state index in [1.165, 1.54) is 0 Å². The maximum atomic E-state index is 12.3. The minimum atomic E-state index is -3.24. The lowest BCUT2D eigenvalue weighted by Crippen LogP contribution is -2.51. The number of rotatable bonds is 5. The van der Waals surface area contributed by atoms with E-state index in [4.69, 9.17) is 5.73 Å². The standard InChI is InChI=1S/C15H25N7O2S2/c16-14(17-4-13-26(23,24)22-9-11-25-12-10-22)20-5-7-21(8-6-20)15-18-2-1-3-19-15/h1-3H,4-13H2,(H2,16,17). The van der Waals surface area contributed by atoms with Gasteiger partial charge in [0, 0.05) is 63.2 Å². The largest absolute Gasteiger partial charge is 0.370 e. The first-order valence-electron chi connectivity index (χ1n) is 8.69. The third-order valence-electron chi connectivity index (χ3n) is 4.43. The molecular weight excluding hydrogens is 374 g/mol. The quantitative estimate of drug-likeness (QED) is 0.511. The van der Waals surface area contributed by atoms with Crippen LogP contribution in [0.15, 0.2) is 23.5 Å². The molecular formula is C15H25N7O2S2. The Kier molecular flexibility index (Phi) is 6.54. The summed E-state index contributed by atoms with van der Waals surface area (Å²) in [5.41, 5.74) is 6.05. The van der Waals surface area contributed by atoms with Gasteiger partial charge in [-0.2, -0.15) is 11.8 Å². The van der Waals surface area contributed by atoms with Crippen LogP contribution >= 0.6 is 11.8 Å². The molecule has 2 N–H and O–H groups in total. The number of hydrogen-bond donors (Lipinski definition) is 1. The smallest absolute Gasteiger partial charge is 0.225 e. The molecule has 1 aromatic rings. The fourth-order valence-electron chi connectivity index (χ4n) is 2.92. The van der Waals surface area contributed by atoms with Crippen molar-refractivity contribution in [3.05, 3.63) is 18.5 Å². The highest BCUT2D eigenvalue weighted by molar-refractivity contribution is 7.99. The van der Waals surface area contributed by atoms with Gasteiger partial charge in [-0.3, -0.25) is 4.99 Å². The molecule has 9 nitrogen and oxygen atoms in total. The third kappa shape index (κ3) is 4.98. The van der Waals surface area contributed by atoms with Gasteiger partial charge in [0.1, 0.15) is 0 Å². The molecule has 0 spiro atoms. The van der Waals surface area contributed by atoms with Crippen LogP contribution in [0.5, 0.6) is 0 Å². The molecule has 0 radical (unpaired) electrons. The van der Waals surface area contributed by atoms with E-state index >= 15 is 0 Å². The normalized spacial score (nSPS) is 20.4. The predicted octanol–water partition coefficient (Wildman–Crippen LogP) is -0.708. The maximum absolute atomic E-state index is 12.3. The number of aliphatic imine (C=N–C) groups is 1. The van der Waals surface area contributed by atoms with Crippen LogP contribution < -0.4 is 10.6 Å². The lowest BCUT2D eigenvalue weighted by Gasteiger charge is -2.35. The molecule has 11 heteroatoms. The molecule has 0 aliphatic carbocycles. The first-order chi connectivity index (χ1) is 12.6. The summed E-state index contributed by atoms with van der Waals surface area (Å²) in [6.07, 6.45) is 3.46. The van der Waals surface area contributed by atoms with Gasteiger partial charge in [0.25, 0.3) is 0 Å². The molecule has 0 amide bonds. The fraction of sp³-hybridized carbons (Fsp3) is 0.667. The Morgan fingerprint density at radius 2 is 1.77 bits per heavy atom. The summed E-state index contributed by atoms with van der Waals surface area (Å²) in [6, 6.07) is 1.79. The van der Waals surface area contributed by atoms with Crippen LogP contribution in [0, 0.1) is 0 Å². The predicted molar refractivity (Wildman–Crippen MR) is 105 cm³/mol. The number of piperazine rings is 1. The number of anilines is 1. The van der Waals surface area contributed by atoms with E-state index in [-0.39, 0.29) is 12.3 Å². The third-order valence-corrected chi connectivity index (χ3v) is 7.22. The lowest BCUT2D eigenvalue weighted by atomic mass is 10.3. The second kappa shape index (κ2) is 8.87. The summed E-state index contributed by atoms with van der Waals surface area (Å²) in [5.74, 6) is 2.85. The van der Waals surface area contributed by atoms with Crippen LogP contribution in [0.2, 0.25) is 0 Å². The van der Waals surface area contributed by atoms with Gasteiger partial charge in [-0.25, -0.2) is 22.7 Å². The Morgan fingerprint density at radius 3 is 2.42 bits per heavy atom. The Bertz CT molecular complexity index is 700. The van der Waals surface area contributed by atoms with Gasteiger partial charge in [-0.1, -0.05) is 0 Å². The van der Waals surface area contributed by atoms with Gasteiger partial charge in [0.15, 0.2) is 5.96 Å². The van der Waals surface area contributed by atoms with Crippen LogP contribution in [0.3, 0.4) is 0 Å². The van der Waals surface area contributed by atoms with Crippen molar-refractivity contribution in [2.45, 2.75) is 0 Å². The summed E-state index contributed by atoms with van der Waals surface area (Å²) in [7, 11) is -3.24. The lowest BCUT2D eigenvalue weighted by molar-refractivity contribution is 0.378. The number of hydrogen-bond acceptors (Lipinski definition) is 7. The number of nitrogens with two attached hydrogens (primary N) is 1. The first-order valence-corrected chi connectivity index (χ1v) is 11.4. The molecule has 0 bridgehead atoms. The van der Waals surface area contributed by atoms with Crippen molar-refractivity contribution in [1.29, 1.82) is 0 Å². The van der Waals surface area contributed by atoms with Gasteiger partial charge in [-0.15, -0.1) is 0 Å².